The van der Waals surface area contributed by atoms with Crippen LogP contribution in [-0.2, 0) is 5.60 Å². The van der Waals surface area contributed by atoms with Crippen LogP contribution in [0.25, 0.3) is 0 Å². The molecule has 0 amide bonds. The summed E-state index contributed by atoms with van der Waals surface area (Å²) in [6, 6.07) is 6.83. The van der Waals surface area contributed by atoms with Crippen molar-refractivity contribution < 1.29 is 15.0 Å². The smallest absolute Gasteiger partial charge is 0.335 e. The minimum Gasteiger partial charge on any atom is -0.478 e. The van der Waals surface area contributed by atoms with Gasteiger partial charge in [0.25, 0.3) is 0 Å². The molecule has 0 spiro atoms. The third kappa shape index (κ3) is 1.04. The molecule has 2 N–H and O–H groups in total. The van der Waals surface area contributed by atoms with Crippen LogP contribution in [0.5, 0.6) is 0 Å². The van der Waals surface area contributed by atoms with E-state index < -0.39 is 11.6 Å². The second-order valence-corrected chi connectivity index (χ2v) is 6.65. The van der Waals surface area contributed by atoms with Crippen LogP contribution in [-0.4, -0.2) is 16.2 Å². The fraction of sp³-hybridized carbons (Fsp3) is 0.562. The van der Waals surface area contributed by atoms with Crippen LogP contribution < -0.4 is 0 Å². The van der Waals surface area contributed by atoms with Crippen molar-refractivity contribution in [1.82, 2.24) is 0 Å². The first-order chi connectivity index (χ1) is 8.99. The Kier molecular flexibility index (Phi) is 1.94. The van der Waals surface area contributed by atoms with Gasteiger partial charge in [-0.25, -0.2) is 4.79 Å². The highest BCUT2D eigenvalue weighted by molar-refractivity contribution is 5.87. The summed E-state index contributed by atoms with van der Waals surface area (Å²) in [6.07, 6.45) is 3.63. The van der Waals surface area contributed by atoms with Crippen LogP contribution >= 0.6 is 0 Å². The number of carboxylic acid groups (broad SMARTS) is 1. The molecule has 1 aromatic rings. The van der Waals surface area contributed by atoms with Crippen molar-refractivity contribution in [2.75, 3.05) is 0 Å². The van der Waals surface area contributed by atoms with Crippen LogP contribution in [0.1, 0.15) is 42.1 Å². The number of carboxylic acids is 1. The number of carbonyl (C=O) groups is 1. The van der Waals surface area contributed by atoms with E-state index in [2.05, 4.69) is 6.92 Å². The molecule has 4 saturated carbocycles. The Labute approximate surface area is 112 Å². The predicted molar refractivity (Wildman–Crippen MR) is 69.7 cm³/mol. The van der Waals surface area contributed by atoms with Crippen LogP contribution in [0.4, 0.5) is 0 Å². The molecule has 4 fully saturated rings. The van der Waals surface area contributed by atoms with Crippen molar-refractivity contribution in [3.8, 4) is 0 Å². The lowest BCUT2D eigenvalue weighted by molar-refractivity contribution is -0.218. The van der Waals surface area contributed by atoms with Gasteiger partial charge in [0.1, 0.15) is 0 Å². The SMILES string of the molecule is C[C@]12[C@@H]3CC[C@H]1[C@@H](C3)[C@@]2(O)c1ccc(C(=O)O)cc1. The molecule has 3 nitrogen and oxygen atoms in total. The van der Waals surface area contributed by atoms with E-state index in [0.29, 0.717) is 17.8 Å². The number of hydrogen-bond donors (Lipinski definition) is 2. The summed E-state index contributed by atoms with van der Waals surface area (Å²) < 4.78 is 0. The quantitative estimate of drug-likeness (QED) is 0.857. The maximum Gasteiger partial charge on any atom is 0.335 e. The van der Waals surface area contributed by atoms with Crippen LogP contribution in [0.3, 0.4) is 0 Å². The molecule has 3 heteroatoms. The van der Waals surface area contributed by atoms with Crippen LogP contribution in [0.2, 0.25) is 0 Å². The molecule has 5 rings (SSSR count). The van der Waals surface area contributed by atoms with E-state index in [-0.39, 0.29) is 11.0 Å². The van der Waals surface area contributed by atoms with Gasteiger partial charge in [-0.15, -0.1) is 0 Å². The molecular weight excluding hydrogens is 240 g/mol. The van der Waals surface area contributed by atoms with E-state index in [9.17, 15) is 9.90 Å². The van der Waals surface area contributed by atoms with Crippen molar-refractivity contribution in [3.05, 3.63) is 35.4 Å². The van der Waals surface area contributed by atoms with Crippen molar-refractivity contribution in [2.45, 2.75) is 31.8 Å². The van der Waals surface area contributed by atoms with Gasteiger partial charge in [-0.1, -0.05) is 19.1 Å². The average molecular weight is 258 g/mol. The van der Waals surface area contributed by atoms with Crippen molar-refractivity contribution in [1.29, 1.82) is 0 Å². The summed E-state index contributed by atoms with van der Waals surface area (Å²) in [7, 11) is 0. The lowest BCUT2D eigenvalue weighted by Gasteiger charge is -2.58. The standard InChI is InChI=1S/C16H18O3/c1-15-11-6-7-12(15)13(8-11)16(15,19)10-4-2-9(3-5-10)14(17)18/h2-5,11-13,19H,6-8H2,1H3,(H,17,18)/t11-,12+,13-,15+,16+/m1/s1. The normalized spacial score (nSPS) is 46.1. The van der Waals surface area contributed by atoms with Gasteiger partial charge in [-0.05, 0) is 54.7 Å². The molecule has 4 aliphatic rings. The third-order valence-corrected chi connectivity index (χ3v) is 6.40. The Balaban J connectivity index is 1.76. The maximum atomic E-state index is 11.2. The highest BCUT2D eigenvalue weighted by Gasteiger charge is 2.79. The zero-order valence-corrected chi connectivity index (χ0v) is 11.0. The fourth-order valence-electron chi connectivity index (χ4n) is 5.49. The Morgan fingerprint density at radius 3 is 2.37 bits per heavy atom. The van der Waals surface area contributed by atoms with Gasteiger partial charge in [0, 0.05) is 5.41 Å². The summed E-state index contributed by atoms with van der Waals surface area (Å²) in [5.41, 5.74) is 0.482. The second kappa shape index (κ2) is 3.21. The van der Waals surface area contributed by atoms with Crippen molar-refractivity contribution in [3.63, 3.8) is 0 Å². The summed E-state index contributed by atoms with van der Waals surface area (Å²) in [4.78, 5) is 10.9. The lowest BCUT2D eigenvalue weighted by atomic mass is 9.49. The average Bonchev–Trinajstić information content (AvgIpc) is 2.97. The fourth-order valence-corrected chi connectivity index (χ4v) is 5.49. The van der Waals surface area contributed by atoms with Crippen LogP contribution in [0, 0.1) is 23.2 Å². The highest BCUT2D eigenvalue weighted by atomic mass is 16.4. The molecule has 0 aromatic heterocycles. The Morgan fingerprint density at radius 1 is 1.21 bits per heavy atom. The number of benzene rings is 1. The van der Waals surface area contributed by atoms with E-state index in [1.807, 2.05) is 0 Å². The Morgan fingerprint density at radius 2 is 1.89 bits per heavy atom. The maximum absolute atomic E-state index is 11.2. The van der Waals surface area contributed by atoms with E-state index >= 15 is 0 Å². The molecule has 0 aliphatic heterocycles. The first-order valence-corrected chi connectivity index (χ1v) is 7.06. The molecule has 5 atom stereocenters. The number of aliphatic hydroxyl groups is 1. The minimum atomic E-state index is -0.915. The van der Waals surface area contributed by atoms with E-state index in [4.69, 9.17) is 5.11 Å². The zero-order chi connectivity index (χ0) is 13.4. The van der Waals surface area contributed by atoms with E-state index in [1.54, 1.807) is 24.3 Å². The summed E-state index contributed by atoms with van der Waals surface area (Å²) >= 11 is 0. The zero-order valence-electron chi connectivity index (χ0n) is 11.0. The Hall–Kier alpha value is -1.35. The predicted octanol–water partition coefficient (Wildman–Crippen LogP) is 2.64. The van der Waals surface area contributed by atoms with Crippen molar-refractivity contribution in [2.24, 2.45) is 23.2 Å². The third-order valence-electron chi connectivity index (χ3n) is 6.40. The topological polar surface area (TPSA) is 57.5 Å². The molecule has 0 saturated heterocycles. The van der Waals surface area contributed by atoms with Gasteiger partial charge < -0.3 is 10.2 Å². The van der Waals surface area contributed by atoms with Gasteiger partial charge in [0.05, 0.1) is 11.2 Å². The molecule has 19 heavy (non-hydrogen) atoms. The molecule has 1 aromatic carbocycles. The first-order valence-electron chi connectivity index (χ1n) is 7.06. The molecule has 0 heterocycles. The largest absolute Gasteiger partial charge is 0.478 e. The minimum absolute atomic E-state index is 0.0163. The van der Waals surface area contributed by atoms with Crippen molar-refractivity contribution >= 4 is 5.97 Å². The number of aromatic carboxylic acids is 1. The lowest BCUT2D eigenvalue weighted by Crippen LogP contribution is -2.60. The molecule has 0 unspecified atom stereocenters. The molecule has 100 valence electrons. The molecule has 0 radical (unpaired) electrons. The summed E-state index contributed by atoms with van der Waals surface area (Å²) in [6.45, 7) is 2.23. The van der Waals surface area contributed by atoms with Gasteiger partial charge in [-0.3, -0.25) is 0 Å². The number of hydrogen-bond acceptors (Lipinski definition) is 2. The van der Waals surface area contributed by atoms with E-state index in [0.717, 1.165) is 12.0 Å². The summed E-state index contributed by atoms with van der Waals surface area (Å²) in [5.74, 6) is 0.779. The van der Waals surface area contributed by atoms with Gasteiger partial charge >= 0.3 is 5.97 Å². The first kappa shape index (κ1) is 11.5. The number of rotatable bonds is 2. The molecular formula is C16H18O3. The Bertz CT molecular complexity index is 556. The van der Waals surface area contributed by atoms with Crippen LogP contribution in [0.15, 0.2) is 24.3 Å². The summed E-state index contributed by atoms with van der Waals surface area (Å²) in [5, 5.41) is 20.2. The van der Waals surface area contributed by atoms with Gasteiger partial charge in [0.15, 0.2) is 0 Å². The molecule has 4 aliphatic carbocycles. The van der Waals surface area contributed by atoms with Gasteiger partial charge in [0.2, 0.25) is 0 Å². The van der Waals surface area contributed by atoms with Gasteiger partial charge in [-0.2, -0.15) is 0 Å². The molecule has 4 bridgehead atoms. The second-order valence-electron chi connectivity index (χ2n) is 6.65. The monoisotopic (exact) mass is 258 g/mol. The highest BCUT2D eigenvalue weighted by Crippen LogP contribution is 2.80. The van der Waals surface area contributed by atoms with E-state index in [1.165, 1.54) is 12.8 Å².